The Morgan fingerprint density at radius 2 is 2.25 bits per heavy atom. The molecule has 1 saturated heterocycles. The summed E-state index contributed by atoms with van der Waals surface area (Å²) in [6.07, 6.45) is 5.29. The highest BCUT2D eigenvalue weighted by Crippen LogP contribution is 2.35. The van der Waals surface area contributed by atoms with Crippen molar-refractivity contribution in [2.24, 2.45) is 5.41 Å². The van der Waals surface area contributed by atoms with Gasteiger partial charge in [-0.15, -0.1) is 0 Å². The highest BCUT2D eigenvalue weighted by Gasteiger charge is 2.38. The molecule has 0 atom stereocenters. The van der Waals surface area contributed by atoms with Crippen LogP contribution in [0.1, 0.15) is 32.6 Å². The number of nitrogens with zero attached hydrogens (tertiary/aromatic N) is 1. The zero-order valence-electron chi connectivity index (χ0n) is 11.5. The second kappa shape index (κ2) is 6.87. The summed E-state index contributed by atoms with van der Waals surface area (Å²) >= 11 is 9.18. The van der Waals surface area contributed by atoms with E-state index < -0.39 is 0 Å². The summed E-state index contributed by atoms with van der Waals surface area (Å²) in [5, 5.41) is 6.70. The van der Waals surface area contributed by atoms with E-state index >= 15 is 0 Å². The van der Waals surface area contributed by atoms with Gasteiger partial charge >= 0.3 is 0 Å². The summed E-state index contributed by atoms with van der Waals surface area (Å²) in [5.74, 6) is 0.0943. The molecule has 2 rings (SSSR count). The lowest BCUT2D eigenvalue weighted by molar-refractivity contribution is -0.127. The Bertz CT molecular complexity index is 484. The first-order chi connectivity index (χ1) is 9.57. The van der Waals surface area contributed by atoms with Crippen molar-refractivity contribution in [2.45, 2.75) is 32.6 Å². The first kappa shape index (κ1) is 15.7. The number of hydrogen-bond acceptors (Lipinski definition) is 3. The molecule has 2 N–H and O–H groups in total. The summed E-state index contributed by atoms with van der Waals surface area (Å²) in [4.78, 5) is 16.7. The third kappa shape index (κ3) is 3.51. The quantitative estimate of drug-likeness (QED) is 0.807. The van der Waals surface area contributed by atoms with E-state index in [2.05, 4.69) is 38.5 Å². The first-order valence-electron chi connectivity index (χ1n) is 6.90. The van der Waals surface area contributed by atoms with Gasteiger partial charge in [-0.25, -0.2) is 4.98 Å². The van der Waals surface area contributed by atoms with Crippen LogP contribution in [0, 0.1) is 5.41 Å². The number of nitrogens with one attached hydrogen (secondary N) is 2. The Morgan fingerprint density at radius 3 is 2.85 bits per heavy atom. The number of piperidine rings is 1. The third-order valence-electron chi connectivity index (χ3n) is 3.83. The number of pyridine rings is 1. The van der Waals surface area contributed by atoms with Crippen LogP contribution in [0.25, 0.3) is 0 Å². The van der Waals surface area contributed by atoms with Crippen LogP contribution >= 0.6 is 27.5 Å². The van der Waals surface area contributed by atoms with Gasteiger partial charge in [0, 0.05) is 0 Å². The number of rotatable bonds is 4. The number of carbonyl (C=O) groups excluding carboxylic acids is 1. The SMILES string of the molecule is CCCC1(C(=O)Nc2cnc(Cl)c(Br)c2)CCNCC1. The van der Waals surface area contributed by atoms with Gasteiger partial charge in [-0.1, -0.05) is 24.9 Å². The molecule has 110 valence electrons. The minimum atomic E-state index is -0.258. The van der Waals surface area contributed by atoms with Gasteiger partial charge in [-0.3, -0.25) is 4.79 Å². The van der Waals surface area contributed by atoms with E-state index in [0.717, 1.165) is 38.8 Å². The summed E-state index contributed by atoms with van der Waals surface area (Å²) in [6.45, 7) is 3.92. The Labute approximate surface area is 132 Å². The van der Waals surface area contributed by atoms with Crippen LogP contribution < -0.4 is 10.6 Å². The summed E-state index contributed by atoms with van der Waals surface area (Å²) in [5.41, 5.74) is 0.423. The Morgan fingerprint density at radius 1 is 1.55 bits per heavy atom. The second-order valence-electron chi connectivity index (χ2n) is 5.23. The molecule has 1 aromatic heterocycles. The van der Waals surface area contributed by atoms with Gasteiger partial charge in [-0.05, 0) is 54.3 Å². The van der Waals surface area contributed by atoms with Crippen molar-refractivity contribution >= 4 is 39.1 Å². The zero-order chi connectivity index (χ0) is 14.6. The number of amides is 1. The Hall–Kier alpha value is -0.650. The number of halogens is 2. The average molecular weight is 361 g/mol. The largest absolute Gasteiger partial charge is 0.324 e. The van der Waals surface area contributed by atoms with Crippen molar-refractivity contribution in [2.75, 3.05) is 18.4 Å². The predicted molar refractivity (Wildman–Crippen MR) is 85.0 cm³/mol. The molecule has 0 aliphatic carbocycles. The molecular weight excluding hydrogens is 342 g/mol. The van der Waals surface area contributed by atoms with Gasteiger partial charge in [0.2, 0.25) is 5.91 Å². The van der Waals surface area contributed by atoms with Crippen LogP contribution in [0.5, 0.6) is 0 Å². The molecule has 20 heavy (non-hydrogen) atoms. The molecule has 0 aromatic carbocycles. The second-order valence-corrected chi connectivity index (χ2v) is 6.44. The lowest BCUT2D eigenvalue weighted by Gasteiger charge is -2.36. The lowest BCUT2D eigenvalue weighted by Crippen LogP contribution is -2.44. The molecule has 1 aliphatic rings. The first-order valence-corrected chi connectivity index (χ1v) is 8.08. The third-order valence-corrected chi connectivity index (χ3v) is 4.96. The molecular formula is C14H19BrClN3O. The van der Waals surface area contributed by atoms with Crippen LogP contribution in [0.15, 0.2) is 16.7 Å². The van der Waals surface area contributed by atoms with Crippen LogP contribution in [0.2, 0.25) is 5.15 Å². The fraction of sp³-hybridized carbons (Fsp3) is 0.571. The molecule has 0 bridgehead atoms. The van der Waals surface area contributed by atoms with Crippen molar-refractivity contribution in [3.63, 3.8) is 0 Å². The van der Waals surface area contributed by atoms with E-state index in [1.165, 1.54) is 0 Å². The van der Waals surface area contributed by atoms with Gasteiger partial charge < -0.3 is 10.6 Å². The monoisotopic (exact) mass is 359 g/mol. The Kier molecular flexibility index (Phi) is 5.41. The van der Waals surface area contributed by atoms with E-state index in [1.807, 2.05) is 0 Å². The molecule has 0 unspecified atom stereocenters. The van der Waals surface area contributed by atoms with Crippen molar-refractivity contribution in [3.05, 3.63) is 21.9 Å². The van der Waals surface area contributed by atoms with Crippen molar-refractivity contribution in [1.82, 2.24) is 10.3 Å². The molecule has 1 aromatic rings. The van der Waals surface area contributed by atoms with E-state index in [-0.39, 0.29) is 11.3 Å². The van der Waals surface area contributed by atoms with Crippen molar-refractivity contribution in [3.8, 4) is 0 Å². The average Bonchev–Trinajstić information content (AvgIpc) is 2.44. The molecule has 0 saturated carbocycles. The summed E-state index contributed by atoms with van der Waals surface area (Å²) < 4.78 is 0.687. The normalized spacial score (nSPS) is 17.8. The highest BCUT2D eigenvalue weighted by atomic mass is 79.9. The molecule has 6 heteroatoms. The van der Waals surface area contributed by atoms with Gasteiger partial charge in [0.15, 0.2) is 0 Å². The molecule has 4 nitrogen and oxygen atoms in total. The van der Waals surface area contributed by atoms with Crippen LogP contribution in [0.3, 0.4) is 0 Å². The van der Waals surface area contributed by atoms with Gasteiger partial charge in [-0.2, -0.15) is 0 Å². The summed E-state index contributed by atoms with van der Waals surface area (Å²) in [6, 6.07) is 1.79. The van der Waals surface area contributed by atoms with Crippen molar-refractivity contribution < 1.29 is 4.79 Å². The zero-order valence-corrected chi connectivity index (χ0v) is 13.9. The number of aromatic nitrogens is 1. The molecule has 1 aliphatic heterocycles. The fourth-order valence-corrected chi connectivity index (χ4v) is 3.18. The molecule has 0 spiro atoms. The van der Waals surface area contributed by atoms with E-state index in [0.29, 0.717) is 15.3 Å². The minimum Gasteiger partial charge on any atom is -0.324 e. The summed E-state index contributed by atoms with van der Waals surface area (Å²) in [7, 11) is 0. The lowest BCUT2D eigenvalue weighted by atomic mass is 9.74. The van der Waals surface area contributed by atoms with Crippen LogP contribution in [-0.4, -0.2) is 24.0 Å². The van der Waals surface area contributed by atoms with Crippen molar-refractivity contribution in [1.29, 1.82) is 0 Å². The molecule has 1 fully saturated rings. The molecule has 2 heterocycles. The molecule has 1 amide bonds. The van der Waals surface area contributed by atoms with Crippen LogP contribution in [-0.2, 0) is 4.79 Å². The number of hydrogen-bond donors (Lipinski definition) is 2. The fourth-order valence-electron chi connectivity index (χ4n) is 2.73. The smallest absolute Gasteiger partial charge is 0.230 e. The minimum absolute atomic E-state index is 0.0943. The van der Waals surface area contributed by atoms with E-state index in [1.54, 1.807) is 12.3 Å². The van der Waals surface area contributed by atoms with E-state index in [4.69, 9.17) is 11.6 Å². The predicted octanol–water partition coefficient (Wildman–Crippen LogP) is 3.61. The Balaban J connectivity index is 2.13. The maximum atomic E-state index is 12.7. The van der Waals surface area contributed by atoms with E-state index in [9.17, 15) is 4.79 Å². The van der Waals surface area contributed by atoms with Gasteiger partial charge in [0.25, 0.3) is 0 Å². The number of anilines is 1. The maximum absolute atomic E-state index is 12.7. The van der Waals surface area contributed by atoms with Crippen LogP contribution in [0.4, 0.5) is 5.69 Å². The van der Waals surface area contributed by atoms with Gasteiger partial charge in [0.1, 0.15) is 5.15 Å². The maximum Gasteiger partial charge on any atom is 0.230 e. The standard InChI is InChI=1S/C14H19BrClN3O/c1-2-3-14(4-6-17-7-5-14)13(20)19-10-8-11(15)12(16)18-9-10/h8-9,17H,2-7H2,1H3,(H,19,20). The number of carbonyl (C=O) groups is 1. The molecule has 0 radical (unpaired) electrons. The highest BCUT2D eigenvalue weighted by molar-refractivity contribution is 9.10. The van der Waals surface area contributed by atoms with Gasteiger partial charge in [0.05, 0.1) is 21.8 Å². The topological polar surface area (TPSA) is 54.0 Å².